The fourth-order valence-electron chi connectivity index (χ4n) is 1.58. The molecule has 19 heavy (non-hydrogen) atoms. The van der Waals surface area contributed by atoms with Gasteiger partial charge in [-0.25, -0.2) is 4.98 Å². The molecule has 3 N–H and O–H groups in total. The largest absolute Gasteiger partial charge is 0.431 e. The van der Waals surface area contributed by atoms with E-state index >= 15 is 0 Å². The van der Waals surface area contributed by atoms with Crippen LogP contribution in [0, 0.1) is 5.41 Å². The monoisotopic (exact) mass is 271 g/mol. The Bertz CT molecular complexity index is 721. The zero-order valence-electron chi connectivity index (χ0n) is 9.70. The summed E-state index contributed by atoms with van der Waals surface area (Å²) in [7, 11) is 0. The number of rotatable bonds is 3. The highest BCUT2D eigenvalue weighted by Crippen LogP contribution is 2.29. The van der Waals surface area contributed by atoms with Crippen molar-refractivity contribution in [3.8, 4) is 0 Å². The highest BCUT2D eigenvalue weighted by atomic mass is 32.2. The summed E-state index contributed by atoms with van der Waals surface area (Å²) in [5.41, 5.74) is 7.49. The first-order valence-corrected chi connectivity index (χ1v) is 6.25. The van der Waals surface area contributed by atoms with E-state index in [1.807, 2.05) is 24.3 Å². The predicted molar refractivity (Wildman–Crippen MR) is 71.2 cm³/mol. The minimum Gasteiger partial charge on any atom is -0.431 e. The summed E-state index contributed by atoms with van der Waals surface area (Å²) < 4.78 is 5.58. The van der Waals surface area contributed by atoms with Crippen molar-refractivity contribution in [2.24, 2.45) is 5.73 Å². The molecule has 0 saturated carbocycles. The molecule has 0 saturated heterocycles. The molecule has 94 valence electrons. The van der Waals surface area contributed by atoms with Crippen LogP contribution in [0.2, 0.25) is 0 Å². The Labute approximate surface area is 112 Å². The van der Waals surface area contributed by atoms with Crippen molar-refractivity contribution in [3.63, 3.8) is 0 Å². The van der Waals surface area contributed by atoms with Crippen LogP contribution in [0.5, 0.6) is 0 Å². The molecule has 0 aliphatic carbocycles. The van der Waals surface area contributed by atoms with Gasteiger partial charge in [0.15, 0.2) is 5.58 Å². The number of para-hydroxylation sites is 2. The van der Waals surface area contributed by atoms with Crippen LogP contribution in [-0.2, 0) is 0 Å². The third-order valence-electron chi connectivity index (χ3n) is 2.44. The number of benzene rings is 1. The molecule has 3 rings (SSSR count). The summed E-state index contributed by atoms with van der Waals surface area (Å²) in [5.74, 6) is -0.0616. The molecule has 0 unspecified atom stereocenters. The van der Waals surface area contributed by atoms with Gasteiger partial charge in [-0.1, -0.05) is 12.1 Å². The van der Waals surface area contributed by atoms with Gasteiger partial charge in [0.25, 0.3) is 5.22 Å². The second-order valence-corrected chi connectivity index (χ2v) is 4.65. The average Bonchev–Trinajstić information content (AvgIpc) is 2.81. The smallest absolute Gasteiger partial charge is 0.263 e. The number of nitrogen functional groups attached to an aromatic ring is 1. The van der Waals surface area contributed by atoms with Gasteiger partial charge in [0.2, 0.25) is 0 Å². The van der Waals surface area contributed by atoms with Crippen LogP contribution >= 0.6 is 11.8 Å². The first-order chi connectivity index (χ1) is 9.24. The number of aromatic nitrogens is 3. The van der Waals surface area contributed by atoms with Crippen LogP contribution in [-0.4, -0.2) is 21.0 Å². The van der Waals surface area contributed by atoms with Gasteiger partial charge in [-0.05, 0) is 30.0 Å². The number of nitrogens with zero attached hydrogens (tertiary/aromatic N) is 3. The summed E-state index contributed by atoms with van der Waals surface area (Å²) in [6.07, 6.45) is 1.49. The topological polar surface area (TPSA) is 102 Å². The Morgan fingerprint density at radius 3 is 2.89 bits per heavy atom. The van der Waals surface area contributed by atoms with Crippen LogP contribution in [0.4, 0.5) is 0 Å². The maximum absolute atomic E-state index is 7.50. The first-order valence-electron chi connectivity index (χ1n) is 5.43. The van der Waals surface area contributed by atoms with Gasteiger partial charge in [0.1, 0.15) is 16.4 Å². The van der Waals surface area contributed by atoms with E-state index in [1.165, 1.54) is 18.0 Å². The van der Waals surface area contributed by atoms with E-state index in [0.717, 1.165) is 5.52 Å². The summed E-state index contributed by atoms with van der Waals surface area (Å²) in [5, 5.41) is 16.2. The maximum Gasteiger partial charge on any atom is 0.263 e. The van der Waals surface area contributed by atoms with Crippen molar-refractivity contribution in [1.29, 1.82) is 5.41 Å². The summed E-state index contributed by atoms with van der Waals surface area (Å²) in [4.78, 5) is 4.33. The number of nitrogens with two attached hydrogens (primary N) is 1. The van der Waals surface area contributed by atoms with Crippen LogP contribution < -0.4 is 5.73 Å². The minimum absolute atomic E-state index is 0.0616. The number of hydrogen-bond donors (Lipinski definition) is 2. The SMILES string of the molecule is N=C(N)c1ccnnc1Sc1nc2ccccc2o1. The molecule has 2 heterocycles. The summed E-state index contributed by atoms with van der Waals surface area (Å²) in [6, 6.07) is 9.12. The molecule has 0 radical (unpaired) electrons. The van der Waals surface area contributed by atoms with Crippen molar-refractivity contribution in [2.75, 3.05) is 0 Å². The van der Waals surface area contributed by atoms with Crippen LogP contribution in [0.15, 0.2) is 51.2 Å². The quantitative estimate of drug-likeness (QED) is 0.558. The lowest BCUT2D eigenvalue weighted by molar-refractivity contribution is 0.489. The molecule has 0 spiro atoms. The Kier molecular flexibility index (Phi) is 2.88. The molecule has 3 aromatic rings. The van der Waals surface area contributed by atoms with E-state index in [-0.39, 0.29) is 5.84 Å². The van der Waals surface area contributed by atoms with Crippen molar-refractivity contribution in [2.45, 2.75) is 10.2 Å². The van der Waals surface area contributed by atoms with E-state index in [9.17, 15) is 0 Å². The highest BCUT2D eigenvalue weighted by molar-refractivity contribution is 7.99. The Morgan fingerprint density at radius 1 is 1.26 bits per heavy atom. The third-order valence-corrected chi connectivity index (χ3v) is 3.28. The minimum atomic E-state index is -0.0616. The lowest BCUT2D eigenvalue weighted by Gasteiger charge is -2.01. The zero-order chi connectivity index (χ0) is 13.2. The second-order valence-electron chi connectivity index (χ2n) is 3.71. The van der Waals surface area contributed by atoms with Crippen molar-refractivity contribution in [1.82, 2.24) is 15.2 Å². The molecule has 7 heteroatoms. The third kappa shape index (κ3) is 2.27. The molecular weight excluding hydrogens is 262 g/mol. The molecular formula is C12H9N5OS. The maximum atomic E-state index is 7.50. The lowest BCUT2D eigenvalue weighted by Crippen LogP contribution is -2.13. The average molecular weight is 271 g/mol. The fourth-order valence-corrected chi connectivity index (χ4v) is 2.39. The number of fused-ring (bicyclic) bond motifs is 1. The molecule has 0 aliphatic rings. The van der Waals surface area contributed by atoms with Gasteiger partial charge in [0.05, 0.1) is 11.8 Å². The molecule has 6 nitrogen and oxygen atoms in total. The Morgan fingerprint density at radius 2 is 2.11 bits per heavy atom. The molecule has 0 bridgehead atoms. The van der Waals surface area contributed by atoms with Gasteiger partial charge in [-0.2, -0.15) is 5.10 Å². The van der Waals surface area contributed by atoms with E-state index < -0.39 is 0 Å². The molecule has 0 aliphatic heterocycles. The van der Waals surface area contributed by atoms with E-state index in [0.29, 0.717) is 21.4 Å². The molecule has 1 aromatic carbocycles. The summed E-state index contributed by atoms with van der Waals surface area (Å²) >= 11 is 1.20. The zero-order valence-corrected chi connectivity index (χ0v) is 10.5. The Balaban J connectivity index is 1.99. The molecule has 0 atom stereocenters. The van der Waals surface area contributed by atoms with Gasteiger partial charge in [-0.15, -0.1) is 5.10 Å². The number of hydrogen-bond acceptors (Lipinski definition) is 6. The van der Waals surface area contributed by atoms with Crippen molar-refractivity contribution < 1.29 is 4.42 Å². The van der Waals surface area contributed by atoms with E-state index in [1.54, 1.807) is 6.07 Å². The highest BCUT2D eigenvalue weighted by Gasteiger charge is 2.13. The van der Waals surface area contributed by atoms with Crippen LogP contribution in [0.1, 0.15) is 5.56 Å². The van der Waals surface area contributed by atoms with Crippen LogP contribution in [0.25, 0.3) is 11.1 Å². The molecule has 2 aromatic heterocycles. The van der Waals surface area contributed by atoms with Crippen molar-refractivity contribution >= 4 is 28.7 Å². The normalized spacial score (nSPS) is 10.7. The van der Waals surface area contributed by atoms with Crippen molar-refractivity contribution in [3.05, 3.63) is 42.1 Å². The number of oxazole rings is 1. The number of nitrogens with one attached hydrogen (secondary N) is 1. The van der Waals surface area contributed by atoms with Crippen LogP contribution in [0.3, 0.4) is 0 Å². The van der Waals surface area contributed by atoms with E-state index in [2.05, 4.69) is 15.2 Å². The molecule has 0 fully saturated rings. The fraction of sp³-hybridized carbons (Fsp3) is 0. The van der Waals surface area contributed by atoms with Gasteiger partial charge in [0, 0.05) is 0 Å². The molecule has 0 amide bonds. The van der Waals surface area contributed by atoms with Gasteiger partial charge >= 0.3 is 0 Å². The first kappa shape index (κ1) is 11.7. The standard InChI is InChI=1S/C12H9N5OS/c13-10(14)7-5-6-15-17-11(7)19-12-16-8-3-1-2-4-9(8)18-12/h1-6H,(H3,13,14). The van der Waals surface area contributed by atoms with E-state index in [4.69, 9.17) is 15.6 Å². The van der Waals surface area contributed by atoms with Gasteiger partial charge < -0.3 is 10.2 Å². The predicted octanol–water partition coefficient (Wildman–Crippen LogP) is 2.05. The van der Waals surface area contributed by atoms with Gasteiger partial charge in [-0.3, -0.25) is 5.41 Å². The number of amidine groups is 1. The summed E-state index contributed by atoms with van der Waals surface area (Å²) in [6.45, 7) is 0. The Hall–Kier alpha value is -2.41. The second kappa shape index (κ2) is 4.69. The lowest BCUT2D eigenvalue weighted by atomic mass is 10.3.